The second-order valence-electron chi connectivity index (χ2n) is 13.7. The molecular weight excluding hydrogens is 670 g/mol. The van der Waals surface area contributed by atoms with E-state index in [4.69, 9.17) is 0 Å². The maximum absolute atomic E-state index is 13.0. The molecule has 1 aromatic heterocycles. The lowest BCUT2D eigenvalue weighted by atomic mass is 10.0. The highest BCUT2D eigenvalue weighted by Crippen LogP contribution is 2.33. The van der Waals surface area contributed by atoms with Crippen molar-refractivity contribution in [2.45, 2.75) is 52.0 Å². The van der Waals surface area contributed by atoms with Gasteiger partial charge in [-0.05, 0) is 78.8 Å². The van der Waals surface area contributed by atoms with Gasteiger partial charge >= 0.3 is 6.09 Å². The number of carbonyl (C=O) groups excluding carboxylic acids is 4. The molecule has 1 unspecified atom stereocenters. The smallest absolute Gasteiger partial charge is 0.407 e. The number of anilines is 2. The van der Waals surface area contributed by atoms with Crippen molar-refractivity contribution in [3.8, 4) is 22.4 Å². The molecule has 3 fully saturated rings. The van der Waals surface area contributed by atoms with Crippen molar-refractivity contribution in [2.75, 3.05) is 56.6 Å². The zero-order valence-electron chi connectivity index (χ0n) is 30.8. The number of alkyl carbamates (subject to hydrolysis) is 1. The molecule has 2 aliphatic heterocycles. The van der Waals surface area contributed by atoms with Crippen molar-refractivity contribution in [1.29, 1.82) is 0 Å². The topological polar surface area (TPSA) is 140 Å². The Bertz CT molecular complexity index is 1860. The maximum Gasteiger partial charge on any atom is 0.407 e. The summed E-state index contributed by atoms with van der Waals surface area (Å²) >= 11 is 0. The number of carbonyl (C=O) groups is 4. The number of benzene rings is 3. The van der Waals surface area contributed by atoms with Crippen molar-refractivity contribution >= 4 is 35.2 Å². The quantitative estimate of drug-likeness (QED) is 0.180. The van der Waals surface area contributed by atoms with Gasteiger partial charge in [0.1, 0.15) is 12.4 Å². The Hall–Kier alpha value is -5.65. The molecule has 1 atom stereocenters. The molecule has 4 aromatic rings. The number of rotatable bonds is 9. The van der Waals surface area contributed by atoms with Gasteiger partial charge in [-0.2, -0.15) is 0 Å². The number of aromatic amines is 1. The molecule has 2 saturated heterocycles. The predicted octanol–water partition coefficient (Wildman–Crippen LogP) is 6.49. The summed E-state index contributed by atoms with van der Waals surface area (Å²) in [5.74, 6) is 0.936. The minimum Gasteiger partial charge on any atom is -0.453 e. The third-order valence-corrected chi connectivity index (χ3v) is 9.74. The molecule has 1 aliphatic carbocycles. The summed E-state index contributed by atoms with van der Waals surface area (Å²) in [6, 6.07) is 23.4. The van der Waals surface area contributed by atoms with E-state index < -0.39 is 6.09 Å². The zero-order valence-corrected chi connectivity index (χ0v) is 30.8. The third kappa shape index (κ3) is 9.24. The van der Waals surface area contributed by atoms with Crippen LogP contribution in [0.3, 0.4) is 0 Å². The first kappa shape index (κ1) is 37.1. The van der Waals surface area contributed by atoms with Gasteiger partial charge in [0.05, 0.1) is 25.0 Å². The fraction of sp³-hybridized carbons (Fsp3) is 0.390. The molecule has 12 heteroatoms. The van der Waals surface area contributed by atoms with Gasteiger partial charge in [0.2, 0.25) is 11.8 Å². The minimum absolute atomic E-state index is 0.121. The second-order valence-corrected chi connectivity index (χ2v) is 13.7. The van der Waals surface area contributed by atoms with E-state index in [1.807, 2.05) is 77.7 Å². The van der Waals surface area contributed by atoms with Crippen LogP contribution in [0.25, 0.3) is 22.4 Å². The summed E-state index contributed by atoms with van der Waals surface area (Å²) in [6.07, 6.45) is 6.11. The summed E-state index contributed by atoms with van der Waals surface area (Å²) in [5, 5.41) is 5.45. The van der Waals surface area contributed by atoms with Crippen LogP contribution < -0.4 is 15.5 Å². The molecule has 0 bridgehead atoms. The Balaban J connectivity index is 0.00000155. The average Bonchev–Trinajstić information content (AvgIpc) is 3.72. The Morgan fingerprint density at radius 1 is 0.811 bits per heavy atom. The van der Waals surface area contributed by atoms with Crippen molar-refractivity contribution in [1.82, 2.24) is 25.1 Å². The van der Waals surface area contributed by atoms with Gasteiger partial charge < -0.3 is 35.1 Å². The number of hydrogen-bond acceptors (Lipinski definition) is 7. The van der Waals surface area contributed by atoms with E-state index in [1.54, 1.807) is 11.1 Å². The third-order valence-electron chi connectivity index (χ3n) is 9.74. The Labute approximate surface area is 310 Å². The molecule has 278 valence electrons. The number of ether oxygens (including phenoxy) is 1. The number of likely N-dealkylation sites (tertiary alicyclic amines) is 1. The van der Waals surface area contributed by atoms with E-state index >= 15 is 0 Å². The molecule has 4 amide bonds. The molecule has 3 N–H and O–H groups in total. The summed E-state index contributed by atoms with van der Waals surface area (Å²) in [5.41, 5.74) is 6.22. The van der Waals surface area contributed by atoms with E-state index in [1.165, 1.54) is 13.5 Å². The molecule has 7 rings (SSSR count). The lowest BCUT2D eigenvalue weighted by Crippen LogP contribution is -2.49. The molecule has 3 aliphatic rings. The lowest BCUT2D eigenvalue weighted by Gasteiger charge is -2.36. The number of amides is 4. The van der Waals surface area contributed by atoms with E-state index in [-0.39, 0.29) is 30.3 Å². The number of aromatic nitrogens is 2. The van der Waals surface area contributed by atoms with Gasteiger partial charge in [-0.3, -0.25) is 14.4 Å². The number of methoxy groups -OCH3 is 1. The average molecular weight is 720 g/mol. The summed E-state index contributed by atoms with van der Waals surface area (Å²) < 4.78 is 4.56. The first-order chi connectivity index (χ1) is 25.8. The van der Waals surface area contributed by atoms with Gasteiger partial charge in [0, 0.05) is 55.6 Å². The maximum atomic E-state index is 13.0. The van der Waals surface area contributed by atoms with Crippen LogP contribution in [0.1, 0.15) is 68.2 Å². The van der Waals surface area contributed by atoms with Crippen molar-refractivity contribution in [3.05, 3.63) is 90.4 Å². The van der Waals surface area contributed by atoms with Gasteiger partial charge in [0.15, 0.2) is 0 Å². The van der Waals surface area contributed by atoms with Crippen LogP contribution in [0.5, 0.6) is 0 Å². The van der Waals surface area contributed by atoms with Crippen LogP contribution in [0, 0.1) is 5.92 Å². The largest absolute Gasteiger partial charge is 0.453 e. The van der Waals surface area contributed by atoms with Gasteiger partial charge in [-0.15, -0.1) is 0 Å². The monoisotopic (exact) mass is 719 g/mol. The van der Waals surface area contributed by atoms with E-state index in [0.717, 1.165) is 85.8 Å². The van der Waals surface area contributed by atoms with Crippen LogP contribution in [0.4, 0.5) is 16.2 Å². The Kier molecular flexibility index (Phi) is 12.1. The molecule has 53 heavy (non-hydrogen) atoms. The molecule has 3 heterocycles. The number of nitrogens with zero attached hydrogens (tertiary/aromatic N) is 4. The molecule has 0 radical (unpaired) electrons. The summed E-state index contributed by atoms with van der Waals surface area (Å²) in [6.45, 7) is 7.82. The highest BCUT2D eigenvalue weighted by atomic mass is 16.5. The van der Waals surface area contributed by atoms with Gasteiger partial charge in [-0.1, -0.05) is 56.7 Å². The highest BCUT2D eigenvalue weighted by Gasteiger charge is 2.35. The van der Waals surface area contributed by atoms with Crippen LogP contribution in [0.2, 0.25) is 0 Å². The predicted molar refractivity (Wildman–Crippen MR) is 205 cm³/mol. The number of nitrogens with one attached hydrogen (secondary N) is 3. The summed E-state index contributed by atoms with van der Waals surface area (Å²) in [7, 11) is 1.26. The SMILES string of the molecule is CCC.COC(=O)NCC(=O)N1CCCC1c1ncc(-c2ccc(-c3ccc(NC(=O)c4ccc(N5CCN(C(=O)C6CC6)CC5)cc4)cc3)cc2)[nH]1. The van der Waals surface area contributed by atoms with Crippen LogP contribution in [0.15, 0.2) is 79.0 Å². The lowest BCUT2D eigenvalue weighted by molar-refractivity contribution is -0.133. The van der Waals surface area contributed by atoms with E-state index in [2.05, 4.69) is 44.1 Å². The van der Waals surface area contributed by atoms with Crippen LogP contribution in [-0.4, -0.2) is 90.0 Å². The fourth-order valence-corrected chi connectivity index (χ4v) is 6.71. The van der Waals surface area contributed by atoms with E-state index in [0.29, 0.717) is 23.7 Å². The number of piperazine rings is 1. The standard InChI is InChI=1S/C38H41N7O5.C3H8/c1-50-38(49)40-24-34(46)45-18-2-3-33(45)35-39-23-32(42-35)27-6-4-25(5-7-27)26-10-14-30(15-11-26)41-36(47)28-12-16-31(17-13-28)43-19-21-44(22-20-43)37(48)29-8-9-29;1-3-2/h4-7,10-17,23,29,33H,2-3,8-9,18-22,24H2,1H3,(H,39,42)(H,40,49)(H,41,47);3H2,1-2H3. The number of hydrogen-bond donors (Lipinski definition) is 3. The summed E-state index contributed by atoms with van der Waals surface area (Å²) in [4.78, 5) is 63.4. The normalized spacial score (nSPS) is 16.7. The molecule has 12 nitrogen and oxygen atoms in total. The minimum atomic E-state index is -0.636. The van der Waals surface area contributed by atoms with E-state index in [9.17, 15) is 19.2 Å². The zero-order chi connectivity index (χ0) is 37.3. The highest BCUT2D eigenvalue weighted by molar-refractivity contribution is 6.04. The fourth-order valence-electron chi connectivity index (χ4n) is 6.71. The molecule has 0 spiro atoms. The second kappa shape index (κ2) is 17.2. The first-order valence-electron chi connectivity index (χ1n) is 18.6. The van der Waals surface area contributed by atoms with Gasteiger partial charge in [0.25, 0.3) is 5.91 Å². The van der Waals surface area contributed by atoms with Crippen LogP contribution in [-0.2, 0) is 14.3 Å². The van der Waals surface area contributed by atoms with Crippen LogP contribution >= 0.6 is 0 Å². The molecule has 3 aromatic carbocycles. The molecule has 1 saturated carbocycles. The Morgan fingerprint density at radius 2 is 1.43 bits per heavy atom. The number of imidazole rings is 1. The van der Waals surface area contributed by atoms with Gasteiger partial charge in [-0.25, -0.2) is 9.78 Å². The first-order valence-corrected chi connectivity index (χ1v) is 18.6. The molecular formula is C41H49N7O5. The number of H-pyrrole nitrogens is 1. The van der Waals surface area contributed by atoms with Crippen molar-refractivity contribution in [2.24, 2.45) is 5.92 Å². The van der Waals surface area contributed by atoms with Crippen molar-refractivity contribution in [3.63, 3.8) is 0 Å². The Morgan fingerprint density at radius 3 is 2.06 bits per heavy atom. The van der Waals surface area contributed by atoms with Crippen molar-refractivity contribution < 1.29 is 23.9 Å².